The Morgan fingerprint density at radius 1 is 0.577 bits per heavy atom. The van der Waals surface area contributed by atoms with Gasteiger partial charge in [-0.25, -0.2) is 9.97 Å². The van der Waals surface area contributed by atoms with Crippen LogP contribution in [-0.4, -0.2) is 110 Å². The summed E-state index contributed by atoms with van der Waals surface area (Å²) < 4.78 is 200. The molecule has 9 rings (SSSR count). The van der Waals surface area contributed by atoms with Gasteiger partial charge in [0.05, 0.1) is 39.4 Å². The quantitative estimate of drug-likeness (QED) is 0.0595. The lowest BCUT2D eigenvalue weighted by Gasteiger charge is -2.23. The minimum absolute atomic E-state index is 0.0307. The van der Waals surface area contributed by atoms with Gasteiger partial charge in [0.2, 0.25) is 0 Å². The topological polar surface area (TPSA) is 217 Å². The number of aromatic nitrogens is 3. The molecule has 2 saturated carbocycles. The summed E-state index contributed by atoms with van der Waals surface area (Å²) in [5.74, 6) is -1.63. The monoisotopic (exact) mass is 1260 g/mol. The van der Waals surface area contributed by atoms with E-state index in [-0.39, 0.29) is 29.7 Å². The van der Waals surface area contributed by atoms with Crippen LogP contribution < -0.4 is 0 Å². The number of nitrogens with zero attached hydrogens (tertiary/aromatic N) is 3. The highest BCUT2D eigenvalue weighted by molar-refractivity contribution is 8.00. The minimum atomic E-state index is -6.85. The molecule has 2 aliphatic carbocycles. The van der Waals surface area contributed by atoms with E-state index in [0.717, 1.165) is 41.1 Å². The van der Waals surface area contributed by atoms with Gasteiger partial charge in [-0.3, -0.25) is 9.17 Å². The van der Waals surface area contributed by atoms with Crippen LogP contribution >= 0.6 is 46.4 Å². The highest BCUT2D eigenvalue weighted by atomic mass is 35.5. The molecule has 4 fully saturated rings. The molecular formula is C46H46Cl4F9N3O13S3. The number of pyridine rings is 3. The highest BCUT2D eigenvalue weighted by Crippen LogP contribution is 2.47. The van der Waals surface area contributed by atoms with Gasteiger partial charge in [0.25, 0.3) is 0 Å². The Morgan fingerprint density at radius 2 is 0.974 bits per heavy atom. The molecule has 16 nitrogen and oxygen atoms in total. The molecule has 2 aromatic carbocycles. The van der Waals surface area contributed by atoms with Gasteiger partial charge in [-0.1, -0.05) is 76.7 Å². The summed E-state index contributed by atoms with van der Waals surface area (Å²) in [5, 5.41) is 13.4. The van der Waals surface area contributed by atoms with Crippen molar-refractivity contribution in [2.75, 3.05) is 0 Å². The molecule has 2 saturated heterocycles. The number of aryl methyl sites for hydroxylation is 2. The lowest BCUT2D eigenvalue weighted by Crippen LogP contribution is -2.36. The van der Waals surface area contributed by atoms with E-state index in [1.165, 1.54) is 5.56 Å². The maximum Gasteiger partial charge on any atom is 0.524 e. The smallest absolute Gasteiger partial charge is 0.390 e. The second-order valence-electron chi connectivity index (χ2n) is 18.8. The molecule has 1 N–H and O–H groups in total. The van der Waals surface area contributed by atoms with E-state index in [4.69, 9.17) is 65.4 Å². The van der Waals surface area contributed by atoms with Crippen molar-refractivity contribution in [3.63, 3.8) is 0 Å². The summed E-state index contributed by atoms with van der Waals surface area (Å²) in [7, 11) is -19.4. The molecule has 3 aromatic heterocycles. The molecule has 0 spiro atoms. The Bertz CT molecular complexity index is 3210. The van der Waals surface area contributed by atoms with Crippen LogP contribution in [0.15, 0.2) is 79.1 Å². The van der Waals surface area contributed by atoms with Crippen LogP contribution in [0.3, 0.4) is 0 Å². The van der Waals surface area contributed by atoms with Crippen molar-refractivity contribution in [3.8, 4) is 0 Å². The Hall–Kier alpha value is -3.49. The van der Waals surface area contributed by atoms with Crippen molar-refractivity contribution >= 4 is 98.6 Å². The Labute approximate surface area is 461 Å². The van der Waals surface area contributed by atoms with E-state index in [1.807, 2.05) is 66.0 Å². The van der Waals surface area contributed by atoms with E-state index in [0.29, 0.717) is 39.5 Å². The number of halogens is 13. The second-order valence-corrected chi connectivity index (χ2v) is 25.1. The van der Waals surface area contributed by atoms with Gasteiger partial charge in [-0.2, -0.15) is 64.8 Å². The molecule has 0 radical (unpaired) electrons. The Balaban J connectivity index is 0.000000189. The molecule has 4 aliphatic rings. The second kappa shape index (κ2) is 24.1. The van der Waals surface area contributed by atoms with Gasteiger partial charge in [-0.05, 0) is 126 Å². The number of hydrogen-bond acceptors (Lipinski definition) is 16. The molecule has 32 heteroatoms. The van der Waals surface area contributed by atoms with Crippen LogP contribution in [0.25, 0.3) is 21.8 Å². The number of rotatable bonds is 10. The molecule has 2 aliphatic heterocycles. The lowest BCUT2D eigenvalue weighted by atomic mass is 9.95. The average molecular weight is 1260 g/mol. The zero-order valence-electron chi connectivity index (χ0n) is 40.7. The molecule has 0 bridgehead atoms. The average Bonchev–Trinajstić information content (AvgIpc) is 4.01. The lowest BCUT2D eigenvalue weighted by molar-refractivity contribution is -0.166. The maximum absolute atomic E-state index is 12.8. The maximum atomic E-state index is 12.8. The molecule has 5 heterocycles. The standard InChI is InChI=1S/C20H20Cl2F3NO5S.C19H21Cl2NO3.C5H5N.C2F6O5S2/c1-19(2)29-16-12(9-15(17(16)30-19)31-32(27,28)20(23,24)25)6-4-10-3-5-11-8-13(21)18(22)26-14(11)7-10;1-19(2)24-16-12(9-15(23)17(16)25-19)6-4-10-3-5-11-8-13(20)18(21)22-14(11)7-10;1-2-4-6-5-3-1;3-1(4,5)14(9,10)13-15(11,12)2(6,7)8/h3,5,7-8,12,15-17H,4,6,9H2,1-2H3;3,5,7-8,12,15-17,23H,4,6,9H2,1-2H3;1-5H;/t2*12-,15-,16+,17-;;/m00../s1. The van der Waals surface area contributed by atoms with Gasteiger partial charge < -0.3 is 24.1 Å². The van der Waals surface area contributed by atoms with Gasteiger partial charge in [0.15, 0.2) is 11.6 Å². The van der Waals surface area contributed by atoms with Crippen molar-refractivity contribution in [2.45, 2.75) is 131 Å². The third kappa shape index (κ3) is 15.9. The summed E-state index contributed by atoms with van der Waals surface area (Å²) in [5.41, 5.74) is -14.4. The van der Waals surface area contributed by atoms with E-state index in [9.17, 15) is 69.9 Å². The fourth-order valence-corrected chi connectivity index (χ4v) is 11.6. The SMILES string of the molecule is CC1(C)O[C@@H]2[C@@H](CCc3ccc4cc(Cl)c(Cl)nc4c3)C[C@H](O)[C@@H]2O1.CC1(C)O[C@@H]2[C@@H](CCc3ccc4cc(Cl)c(Cl)nc4c3)C[C@H](OS(=O)(=O)C(F)(F)F)[C@@H]2O1.O=S(=O)(OS(=O)(=O)C(F)(F)F)C(F)(F)F.c1ccncc1. The first kappa shape index (κ1) is 63.7. The zero-order valence-corrected chi connectivity index (χ0v) is 46.2. The summed E-state index contributed by atoms with van der Waals surface area (Å²) in [6, 6.07) is 21.0. The fraction of sp³-hybridized carbons (Fsp3) is 0.500. The normalized spacial score (nSPS) is 24.8. The summed E-state index contributed by atoms with van der Waals surface area (Å²) in [6.07, 6.45) is 3.74. The summed E-state index contributed by atoms with van der Waals surface area (Å²) in [4.78, 5) is 12.4. The minimum Gasteiger partial charge on any atom is -0.390 e. The number of aliphatic hydroxyl groups excluding tert-OH is 1. The number of hydrogen-bond donors (Lipinski definition) is 1. The van der Waals surface area contributed by atoms with Crippen LogP contribution in [0.1, 0.15) is 64.5 Å². The van der Waals surface area contributed by atoms with E-state index in [1.54, 1.807) is 32.3 Å². The molecular weight excluding hydrogens is 1210 g/mol. The first-order valence-corrected chi connectivity index (χ1v) is 28.6. The molecule has 8 atom stereocenters. The highest BCUT2D eigenvalue weighted by Gasteiger charge is 2.59. The van der Waals surface area contributed by atoms with Crippen molar-refractivity contribution in [2.24, 2.45) is 11.8 Å². The molecule has 5 aromatic rings. The van der Waals surface area contributed by atoms with E-state index >= 15 is 0 Å². The van der Waals surface area contributed by atoms with Gasteiger partial charge >= 0.3 is 46.9 Å². The van der Waals surface area contributed by atoms with Crippen LogP contribution in [0, 0.1) is 11.8 Å². The molecule has 0 unspecified atom stereocenters. The Morgan fingerprint density at radius 3 is 1.37 bits per heavy atom. The molecule has 78 heavy (non-hydrogen) atoms. The predicted octanol–water partition coefficient (Wildman–Crippen LogP) is 11.4. The number of alkyl halides is 9. The van der Waals surface area contributed by atoms with Crippen molar-refractivity contribution in [1.82, 2.24) is 15.0 Å². The van der Waals surface area contributed by atoms with Gasteiger partial charge in [-0.15, -0.1) is 3.63 Å². The predicted molar refractivity (Wildman–Crippen MR) is 265 cm³/mol. The third-order valence-electron chi connectivity index (χ3n) is 12.1. The van der Waals surface area contributed by atoms with Gasteiger partial charge in [0.1, 0.15) is 28.6 Å². The number of benzene rings is 2. The molecule has 432 valence electrons. The van der Waals surface area contributed by atoms with Crippen LogP contribution in [0.4, 0.5) is 39.5 Å². The molecule has 0 amide bonds. The van der Waals surface area contributed by atoms with Crippen LogP contribution in [0.5, 0.6) is 0 Å². The summed E-state index contributed by atoms with van der Waals surface area (Å²) in [6.45, 7) is 7.06. The Kier molecular flexibility index (Phi) is 19.7. The largest absolute Gasteiger partial charge is 0.524 e. The first-order chi connectivity index (χ1) is 35.8. The zero-order chi connectivity index (χ0) is 58.2. The van der Waals surface area contributed by atoms with Crippen LogP contribution in [-0.2, 0) is 70.0 Å². The number of ether oxygens (including phenoxy) is 4. The number of fused-ring (bicyclic) bond motifs is 4. The first-order valence-electron chi connectivity index (χ1n) is 22.9. The van der Waals surface area contributed by atoms with Crippen molar-refractivity contribution in [1.29, 1.82) is 0 Å². The van der Waals surface area contributed by atoms with Crippen molar-refractivity contribution in [3.05, 3.63) is 111 Å². The van der Waals surface area contributed by atoms with E-state index in [2.05, 4.69) is 31.3 Å². The van der Waals surface area contributed by atoms with Crippen molar-refractivity contribution < 1.29 is 96.6 Å². The fourth-order valence-electron chi connectivity index (χ4n) is 8.82. The third-order valence-corrected chi connectivity index (χ3v) is 17.1. The van der Waals surface area contributed by atoms with Crippen LogP contribution in [0.2, 0.25) is 20.4 Å². The van der Waals surface area contributed by atoms with Gasteiger partial charge in [0, 0.05) is 23.2 Å². The number of aliphatic hydroxyl groups is 1. The summed E-state index contributed by atoms with van der Waals surface area (Å²) >= 11 is 24.0. The van der Waals surface area contributed by atoms with E-state index < -0.39 is 82.9 Å².